The van der Waals surface area contributed by atoms with Crippen LogP contribution >= 0.6 is 0 Å². The predicted octanol–water partition coefficient (Wildman–Crippen LogP) is 1.36. The zero-order chi connectivity index (χ0) is 14.1. The van der Waals surface area contributed by atoms with E-state index in [0.29, 0.717) is 13.0 Å². The van der Waals surface area contributed by atoms with Gasteiger partial charge in [-0.1, -0.05) is 37.3 Å². The number of carbonyl (C=O) groups excluding carboxylic acids is 1. The first kappa shape index (κ1) is 15.7. The van der Waals surface area contributed by atoms with E-state index in [1.54, 1.807) is 0 Å². The highest BCUT2D eigenvalue weighted by atomic mass is 16.2. The van der Waals surface area contributed by atoms with Gasteiger partial charge in [-0.05, 0) is 32.0 Å². The lowest BCUT2D eigenvalue weighted by atomic mass is 10.2. The molecule has 0 aliphatic carbocycles. The number of hydrogen-bond acceptors (Lipinski definition) is 3. The van der Waals surface area contributed by atoms with Crippen molar-refractivity contribution in [2.24, 2.45) is 5.73 Å². The van der Waals surface area contributed by atoms with E-state index in [4.69, 9.17) is 5.73 Å². The number of nitrogens with two attached hydrogens (primary N) is 1. The quantitative estimate of drug-likeness (QED) is 0.696. The highest BCUT2D eigenvalue weighted by Gasteiger charge is 2.09. The van der Waals surface area contributed by atoms with Gasteiger partial charge >= 0.3 is 0 Å². The van der Waals surface area contributed by atoms with Crippen molar-refractivity contribution in [3.8, 4) is 0 Å². The molecule has 1 atom stereocenters. The summed E-state index contributed by atoms with van der Waals surface area (Å²) in [6, 6.07) is 10.0. The first-order valence-corrected chi connectivity index (χ1v) is 6.89. The lowest BCUT2D eigenvalue weighted by Gasteiger charge is -2.17. The molecule has 1 aromatic carbocycles. The van der Waals surface area contributed by atoms with Gasteiger partial charge in [0.2, 0.25) is 5.91 Å². The van der Waals surface area contributed by atoms with Crippen LogP contribution in [0.5, 0.6) is 0 Å². The molecule has 19 heavy (non-hydrogen) atoms. The van der Waals surface area contributed by atoms with Crippen LogP contribution in [0.25, 0.3) is 0 Å². The fourth-order valence-corrected chi connectivity index (χ4v) is 1.85. The van der Waals surface area contributed by atoms with E-state index >= 15 is 0 Å². The summed E-state index contributed by atoms with van der Waals surface area (Å²) in [4.78, 5) is 13.7. The van der Waals surface area contributed by atoms with Crippen LogP contribution in [-0.4, -0.2) is 37.0 Å². The van der Waals surface area contributed by atoms with E-state index in [0.717, 1.165) is 19.5 Å². The van der Waals surface area contributed by atoms with Crippen molar-refractivity contribution in [2.45, 2.75) is 32.4 Å². The van der Waals surface area contributed by atoms with Gasteiger partial charge in [0.1, 0.15) is 0 Å². The summed E-state index contributed by atoms with van der Waals surface area (Å²) in [5, 5.41) is 2.86. The van der Waals surface area contributed by atoms with Crippen LogP contribution in [0.1, 0.15) is 25.3 Å². The number of nitrogens with one attached hydrogen (secondary N) is 1. The lowest BCUT2D eigenvalue weighted by Crippen LogP contribution is -2.40. The Hall–Kier alpha value is -1.39. The van der Waals surface area contributed by atoms with Crippen LogP contribution in [0.3, 0.4) is 0 Å². The van der Waals surface area contributed by atoms with Gasteiger partial charge in [-0.25, -0.2) is 0 Å². The molecule has 0 fully saturated rings. The molecule has 1 aromatic rings. The summed E-state index contributed by atoms with van der Waals surface area (Å²) in [6.45, 7) is 4.49. The Morgan fingerprint density at radius 2 is 2.05 bits per heavy atom. The Morgan fingerprint density at radius 3 is 2.68 bits per heavy atom. The van der Waals surface area contributed by atoms with Crippen LogP contribution in [0, 0.1) is 0 Å². The molecule has 0 heterocycles. The second-order valence-corrected chi connectivity index (χ2v) is 4.88. The highest BCUT2D eigenvalue weighted by Crippen LogP contribution is 2.02. The number of benzene rings is 1. The Bertz CT molecular complexity index is 367. The Labute approximate surface area is 116 Å². The maximum Gasteiger partial charge on any atom is 0.236 e. The lowest BCUT2D eigenvalue weighted by molar-refractivity contribution is -0.122. The third kappa shape index (κ3) is 6.36. The molecule has 0 saturated heterocycles. The number of amides is 1. The van der Waals surface area contributed by atoms with Crippen molar-refractivity contribution >= 4 is 5.91 Å². The summed E-state index contributed by atoms with van der Waals surface area (Å²) in [6.07, 6.45) is 1.62. The largest absolute Gasteiger partial charge is 0.355 e. The van der Waals surface area contributed by atoms with Crippen LogP contribution in [0.15, 0.2) is 30.3 Å². The van der Waals surface area contributed by atoms with Crippen molar-refractivity contribution in [1.29, 1.82) is 0 Å². The number of rotatable bonds is 8. The number of carbonyl (C=O) groups is 1. The van der Waals surface area contributed by atoms with Gasteiger partial charge in [-0.2, -0.15) is 0 Å². The smallest absolute Gasteiger partial charge is 0.236 e. The maximum absolute atomic E-state index is 11.5. The van der Waals surface area contributed by atoms with Gasteiger partial charge in [-0.15, -0.1) is 0 Å². The summed E-state index contributed by atoms with van der Waals surface area (Å²) in [5.74, 6) is -0.0480. The van der Waals surface area contributed by atoms with Crippen LogP contribution in [0.4, 0.5) is 0 Å². The molecule has 4 nitrogen and oxygen atoms in total. The molecule has 0 aliphatic heterocycles. The molecular weight excluding hydrogens is 238 g/mol. The number of hydrogen-bond donors (Lipinski definition) is 2. The molecule has 106 valence electrons. The summed E-state index contributed by atoms with van der Waals surface area (Å²) < 4.78 is 0. The van der Waals surface area contributed by atoms with Crippen LogP contribution in [0.2, 0.25) is 0 Å². The van der Waals surface area contributed by atoms with Gasteiger partial charge in [0, 0.05) is 13.1 Å². The van der Waals surface area contributed by atoms with Crippen molar-refractivity contribution in [3.63, 3.8) is 0 Å². The summed E-state index contributed by atoms with van der Waals surface area (Å²) in [7, 11) is 2.09. The van der Waals surface area contributed by atoms with Gasteiger partial charge in [0.05, 0.1) is 6.04 Å². The van der Waals surface area contributed by atoms with Gasteiger partial charge in [0.25, 0.3) is 0 Å². The van der Waals surface area contributed by atoms with E-state index in [1.165, 1.54) is 5.56 Å². The molecule has 1 rings (SSSR count). The molecular formula is C15H25N3O. The Balaban J connectivity index is 2.14. The highest BCUT2D eigenvalue weighted by molar-refractivity contribution is 5.81. The Kier molecular flexibility index (Phi) is 7.15. The monoisotopic (exact) mass is 263 g/mol. The zero-order valence-corrected chi connectivity index (χ0v) is 11.9. The molecule has 0 saturated carbocycles. The SMILES string of the molecule is CC[C@H](N)C(=O)NCCCN(C)Cc1ccccc1. The van der Waals surface area contributed by atoms with Crippen molar-refractivity contribution < 1.29 is 4.79 Å². The first-order valence-electron chi connectivity index (χ1n) is 6.89. The number of nitrogens with zero attached hydrogens (tertiary/aromatic N) is 1. The third-order valence-electron chi connectivity index (χ3n) is 3.09. The molecule has 3 N–H and O–H groups in total. The minimum absolute atomic E-state index is 0.0480. The standard InChI is InChI=1S/C15H25N3O/c1-3-14(16)15(19)17-10-7-11-18(2)12-13-8-5-4-6-9-13/h4-6,8-9,14H,3,7,10-12,16H2,1-2H3,(H,17,19)/t14-/m0/s1. The van der Waals surface area contributed by atoms with Gasteiger partial charge in [0.15, 0.2) is 0 Å². The average Bonchev–Trinajstić information content (AvgIpc) is 2.43. The molecule has 0 spiro atoms. The van der Waals surface area contributed by atoms with Crippen molar-refractivity contribution in [3.05, 3.63) is 35.9 Å². The van der Waals surface area contributed by atoms with E-state index in [1.807, 2.05) is 13.0 Å². The fraction of sp³-hybridized carbons (Fsp3) is 0.533. The molecule has 0 bridgehead atoms. The van der Waals surface area contributed by atoms with E-state index in [-0.39, 0.29) is 11.9 Å². The molecule has 0 aromatic heterocycles. The summed E-state index contributed by atoms with van der Waals surface area (Å²) >= 11 is 0. The second-order valence-electron chi connectivity index (χ2n) is 4.88. The zero-order valence-electron chi connectivity index (χ0n) is 11.9. The van der Waals surface area contributed by atoms with E-state index < -0.39 is 0 Å². The topological polar surface area (TPSA) is 58.4 Å². The fourth-order valence-electron chi connectivity index (χ4n) is 1.85. The van der Waals surface area contributed by atoms with Gasteiger partial charge in [-0.3, -0.25) is 4.79 Å². The molecule has 0 radical (unpaired) electrons. The van der Waals surface area contributed by atoms with E-state index in [2.05, 4.69) is 41.5 Å². The summed E-state index contributed by atoms with van der Waals surface area (Å²) in [5.41, 5.74) is 6.95. The average molecular weight is 263 g/mol. The minimum atomic E-state index is -0.373. The van der Waals surface area contributed by atoms with Crippen molar-refractivity contribution in [2.75, 3.05) is 20.1 Å². The minimum Gasteiger partial charge on any atom is -0.355 e. The van der Waals surface area contributed by atoms with Crippen LogP contribution in [-0.2, 0) is 11.3 Å². The normalized spacial score (nSPS) is 12.4. The third-order valence-corrected chi connectivity index (χ3v) is 3.09. The van der Waals surface area contributed by atoms with Crippen molar-refractivity contribution in [1.82, 2.24) is 10.2 Å². The first-order chi connectivity index (χ1) is 9.13. The van der Waals surface area contributed by atoms with Gasteiger partial charge < -0.3 is 16.0 Å². The van der Waals surface area contributed by atoms with Crippen LogP contribution < -0.4 is 11.1 Å². The molecule has 0 unspecified atom stereocenters. The second kappa shape index (κ2) is 8.67. The maximum atomic E-state index is 11.5. The molecule has 1 amide bonds. The van der Waals surface area contributed by atoms with E-state index in [9.17, 15) is 4.79 Å². The molecule has 0 aliphatic rings. The Morgan fingerprint density at radius 1 is 1.37 bits per heavy atom. The molecule has 4 heteroatoms. The predicted molar refractivity (Wildman–Crippen MR) is 78.7 cm³/mol.